The van der Waals surface area contributed by atoms with Crippen molar-refractivity contribution in [3.63, 3.8) is 0 Å². The van der Waals surface area contributed by atoms with E-state index in [2.05, 4.69) is 37.5 Å². The highest BCUT2D eigenvalue weighted by Gasteiger charge is 2.30. The predicted octanol–water partition coefficient (Wildman–Crippen LogP) is 4.33. The molecule has 2 rings (SSSR count). The molecule has 20 heavy (non-hydrogen) atoms. The predicted molar refractivity (Wildman–Crippen MR) is 85.1 cm³/mol. The Morgan fingerprint density at radius 1 is 1.35 bits per heavy atom. The third-order valence-corrected chi connectivity index (χ3v) is 4.26. The monoisotopic (exact) mass is 274 g/mol. The summed E-state index contributed by atoms with van der Waals surface area (Å²) in [6, 6.07) is 6.61. The Balaban J connectivity index is 2.09. The number of anilines is 2. The molecule has 1 saturated carbocycles. The molecule has 0 spiro atoms. The highest BCUT2D eigenvalue weighted by atomic mass is 16.1. The van der Waals surface area contributed by atoms with Crippen molar-refractivity contribution < 1.29 is 4.79 Å². The molecule has 0 saturated heterocycles. The lowest BCUT2D eigenvalue weighted by atomic mass is 9.92. The lowest BCUT2D eigenvalue weighted by Crippen LogP contribution is -2.19. The van der Waals surface area contributed by atoms with Gasteiger partial charge in [-0.15, -0.1) is 0 Å². The fraction of sp³-hybridized carbons (Fsp3) is 0.588. The summed E-state index contributed by atoms with van der Waals surface area (Å²) < 4.78 is 0. The summed E-state index contributed by atoms with van der Waals surface area (Å²) in [5.41, 5.74) is 3.62. The van der Waals surface area contributed by atoms with E-state index in [1.807, 2.05) is 19.1 Å². The molecule has 0 bridgehead atoms. The van der Waals surface area contributed by atoms with Gasteiger partial charge in [-0.2, -0.15) is 0 Å². The Labute approximate surface area is 122 Å². The van der Waals surface area contributed by atoms with E-state index in [1.54, 1.807) is 0 Å². The van der Waals surface area contributed by atoms with E-state index >= 15 is 0 Å². The Bertz CT molecular complexity index is 494. The van der Waals surface area contributed by atoms with Crippen molar-refractivity contribution in [2.24, 2.45) is 5.41 Å². The first-order valence-electron chi connectivity index (χ1n) is 7.57. The highest BCUT2D eigenvalue weighted by molar-refractivity contribution is 5.92. The first-order valence-corrected chi connectivity index (χ1v) is 7.57. The number of amides is 1. The first-order chi connectivity index (χ1) is 9.41. The van der Waals surface area contributed by atoms with Gasteiger partial charge < -0.3 is 10.6 Å². The Morgan fingerprint density at radius 2 is 2.05 bits per heavy atom. The Kier molecular flexibility index (Phi) is 4.36. The van der Waals surface area contributed by atoms with E-state index in [0.29, 0.717) is 17.9 Å². The van der Waals surface area contributed by atoms with Gasteiger partial charge in [0.2, 0.25) is 5.91 Å². The topological polar surface area (TPSA) is 41.1 Å². The second-order valence-electron chi connectivity index (χ2n) is 6.63. The van der Waals surface area contributed by atoms with Crippen LogP contribution < -0.4 is 10.6 Å². The van der Waals surface area contributed by atoms with Gasteiger partial charge in [-0.05, 0) is 49.3 Å². The number of carbonyl (C=O) groups excluding carboxylic acids is 1. The molecule has 1 unspecified atom stereocenters. The van der Waals surface area contributed by atoms with Crippen molar-refractivity contribution in [3.8, 4) is 0 Å². The van der Waals surface area contributed by atoms with E-state index in [4.69, 9.17) is 0 Å². The van der Waals surface area contributed by atoms with Crippen LogP contribution in [0.5, 0.6) is 0 Å². The van der Waals surface area contributed by atoms with Crippen LogP contribution in [0.25, 0.3) is 0 Å². The minimum atomic E-state index is 0.0623. The highest BCUT2D eigenvalue weighted by Crippen LogP contribution is 2.39. The lowest BCUT2D eigenvalue weighted by molar-refractivity contribution is -0.115. The summed E-state index contributed by atoms with van der Waals surface area (Å²) in [7, 11) is 0. The molecule has 0 aromatic heterocycles. The standard InChI is InChI=1S/C17H26N2O/c1-5-16(20)19-15-8-6-7-14(12(15)2)18-13-9-10-17(3,4)11-13/h6-8,13,18H,5,9-11H2,1-4H3,(H,19,20). The molecule has 1 aromatic rings. The fourth-order valence-electron chi connectivity index (χ4n) is 2.95. The van der Waals surface area contributed by atoms with Crippen LogP contribution >= 0.6 is 0 Å². The Hall–Kier alpha value is -1.51. The SMILES string of the molecule is CCC(=O)Nc1cccc(NC2CCC(C)(C)C2)c1C. The fourth-order valence-corrected chi connectivity index (χ4v) is 2.95. The van der Waals surface area contributed by atoms with Crippen LogP contribution in [0, 0.1) is 12.3 Å². The normalized spacial score (nSPS) is 20.7. The molecule has 0 heterocycles. The maximum absolute atomic E-state index is 11.5. The van der Waals surface area contributed by atoms with Crippen molar-refractivity contribution in [1.29, 1.82) is 0 Å². The summed E-state index contributed by atoms with van der Waals surface area (Å²) in [5, 5.41) is 6.61. The molecule has 0 aliphatic heterocycles. The quantitative estimate of drug-likeness (QED) is 0.857. The molecule has 1 aromatic carbocycles. The van der Waals surface area contributed by atoms with E-state index in [-0.39, 0.29) is 5.91 Å². The van der Waals surface area contributed by atoms with Gasteiger partial charge in [0, 0.05) is 23.8 Å². The summed E-state index contributed by atoms with van der Waals surface area (Å²) in [5.74, 6) is 0.0623. The van der Waals surface area contributed by atoms with Crippen LogP contribution in [-0.4, -0.2) is 11.9 Å². The second kappa shape index (κ2) is 5.86. The second-order valence-corrected chi connectivity index (χ2v) is 6.63. The third kappa shape index (κ3) is 3.53. The first kappa shape index (κ1) is 14.9. The van der Waals surface area contributed by atoms with Gasteiger partial charge in [-0.1, -0.05) is 26.8 Å². The number of hydrogen-bond acceptors (Lipinski definition) is 2. The Morgan fingerprint density at radius 3 is 2.65 bits per heavy atom. The molecule has 0 radical (unpaired) electrons. The third-order valence-electron chi connectivity index (χ3n) is 4.26. The summed E-state index contributed by atoms with van der Waals surface area (Å²) in [6.07, 6.45) is 4.21. The minimum absolute atomic E-state index is 0.0623. The molecular weight excluding hydrogens is 248 g/mol. The largest absolute Gasteiger partial charge is 0.382 e. The molecule has 1 amide bonds. The molecule has 1 atom stereocenters. The molecule has 110 valence electrons. The average molecular weight is 274 g/mol. The zero-order chi connectivity index (χ0) is 14.8. The van der Waals surface area contributed by atoms with Crippen LogP contribution in [0.15, 0.2) is 18.2 Å². The number of nitrogens with one attached hydrogen (secondary N) is 2. The summed E-state index contributed by atoms with van der Waals surface area (Å²) in [6.45, 7) is 8.60. The van der Waals surface area contributed by atoms with Crippen LogP contribution in [-0.2, 0) is 4.79 Å². The van der Waals surface area contributed by atoms with Crippen molar-refractivity contribution in [3.05, 3.63) is 23.8 Å². The van der Waals surface area contributed by atoms with Crippen LogP contribution in [0.3, 0.4) is 0 Å². The van der Waals surface area contributed by atoms with Gasteiger partial charge in [-0.3, -0.25) is 4.79 Å². The van der Waals surface area contributed by atoms with Gasteiger partial charge in [0.05, 0.1) is 0 Å². The van der Waals surface area contributed by atoms with Gasteiger partial charge in [-0.25, -0.2) is 0 Å². The van der Waals surface area contributed by atoms with Gasteiger partial charge in [0.15, 0.2) is 0 Å². The van der Waals surface area contributed by atoms with Gasteiger partial charge in [0.1, 0.15) is 0 Å². The van der Waals surface area contributed by atoms with E-state index in [1.165, 1.54) is 19.3 Å². The number of benzene rings is 1. The number of hydrogen-bond donors (Lipinski definition) is 2. The van der Waals surface area contributed by atoms with Crippen LogP contribution in [0.1, 0.15) is 52.0 Å². The van der Waals surface area contributed by atoms with Gasteiger partial charge in [0.25, 0.3) is 0 Å². The maximum atomic E-state index is 11.5. The van der Waals surface area contributed by atoms with E-state index in [9.17, 15) is 4.79 Å². The number of carbonyl (C=O) groups is 1. The lowest BCUT2D eigenvalue weighted by Gasteiger charge is -2.20. The average Bonchev–Trinajstić information content (AvgIpc) is 2.73. The van der Waals surface area contributed by atoms with Crippen molar-refractivity contribution >= 4 is 17.3 Å². The van der Waals surface area contributed by atoms with E-state index < -0.39 is 0 Å². The van der Waals surface area contributed by atoms with Gasteiger partial charge >= 0.3 is 0 Å². The number of rotatable bonds is 4. The zero-order valence-electron chi connectivity index (χ0n) is 13.0. The molecule has 1 aliphatic carbocycles. The van der Waals surface area contributed by atoms with Crippen molar-refractivity contribution in [1.82, 2.24) is 0 Å². The zero-order valence-corrected chi connectivity index (χ0v) is 13.0. The van der Waals surface area contributed by atoms with Crippen molar-refractivity contribution in [2.45, 2.75) is 59.4 Å². The van der Waals surface area contributed by atoms with Crippen molar-refractivity contribution in [2.75, 3.05) is 10.6 Å². The van der Waals surface area contributed by atoms with E-state index in [0.717, 1.165) is 16.9 Å². The molecule has 3 nitrogen and oxygen atoms in total. The smallest absolute Gasteiger partial charge is 0.224 e. The van der Waals surface area contributed by atoms with Crippen LogP contribution in [0.4, 0.5) is 11.4 Å². The molecular formula is C17H26N2O. The summed E-state index contributed by atoms with van der Waals surface area (Å²) >= 11 is 0. The molecule has 1 fully saturated rings. The molecule has 1 aliphatic rings. The summed E-state index contributed by atoms with van der Waals surface area (Å²) in [4.78, 5) is 11.5. The minimum Gasteiger partial charge on any atom is -0.382 e. The molecule has 2 N–H and O–H groups in total. The molecule has 3 heteroatoms. The maximum Gasteiger partial charge on any atom is 0.224 e. The van der Waals surface area contributed by atoms with Crippen LogP contribution in [0.2, 0.25) is 0 Å².